The lowest BCUT2D eigenvalue weighted by atomic mass is 10.0. The van der Waals surface area contributed by atoms with Crippen molar-refractivity contribution < 1.29 is 14.0 Å². The number of hydrogen-bond donors (Lipinski definition) is 0. The van der Waals surface area contributed by atoms with E-state index in [0.29, 0.717) is 22.4 Å². The lowest BCUT2D eigenvalue weighted by Crippen LogP contribution is -2.30. The average Bonchev–Trinajstić information content (AvgIpc) is 2.93. The van der Waals surface area contributed by atoms with Crippen LogP contribution in [0.2, 0.25) is 0 Å². The van der Waals surface area contributed by atoms with Crippen molar-refractivity contribution in [2.75, 3.05) is 4.90 Å². The number of carbonyl (C=O) groups excluding carboxylic acids is 2. The quantitative estimate of drug-likeness (QED) is 0.538. The van der Waals surface area contributed by atoms with E-state index in [2.05, 4.69) is 0 Å². The van der Waals surface area contributed by atoms with Crippen LogP contribution in [0.1, 0.15) is 0 Å². The van der Waals surface area contributed by atoms with Crippen LogP contribution in [-0.4, -0.2) is 11.8 Å². The van der Waals surface area contributed by atoms with Gasteiger partial charge in [0.15, 0.2) is 0 Å². The number of para-hydroxylation sites is 2. The van der Waals surface area contributed by atoms with Gasteiger partial charge < -0.3 is 4.42 Å². The molecule has 116 valence electrons. The minimum atomic E-state index is -0.520. The maximum absolute atomic E-state index is 12.4. The molecule has 0 unspecified atom stereocenters. The number of amides is 2. The Morgan fingerprint density at radius 2 is 1.42 bits per heavy atom. The molecule has 0 aliphatic carbocycles. The molecule has 1 aliphatic heterocycles. The van der Waals surface area contributed by atoms with E-state index in [1.165, 1.54) is 12.2 Å². The molecular formula is C19H11NO4. The van der Waals surface area contributed by atoms with Crippen molar-refractivity contribution in [2.24, 2.45) is 0 Å². The number of nitrogens with zero attached hydrogens (tertiary/aromatic N) is 1. The lowest BCUT2D eigenvalue weighted by Gasteiger charge is -2.17. The third kappa shape index (κ3) is 2.14. The van der Waals surface area contributed by atoms with E-state index in [4.69, 9.17) is 4.42 Å². The first-order chi connectivity index (χ1) is 11.6. The second kappa shape index (κ2) is 5.31. The number of anilines is 1. The second-order valence-electron chi connectivity index (χ2n) is 5.35. The van der Waals surface area contributed by atoms with Gasteiger partial charge in [-0.05, 0) is 18.2 Å². The minimum absolute atomic E-state index is 0.303. The molecular weight excluding hydrogens is 306 g/mol. The summed E-state index contributed by atoms with van der Waals surface area (Å²) in [7, 11) is 0. The average molecular weight is 317 g/mol. The predicted molar refractivity (Wildman–Crippen MR) is 89.6 cm³/mol. The van der Waals surface area contributed by atoms with E-state index < -0.39 is 17.4 Å². The van der Waals surface area contributed by atoms with Crippen LogP contribution in [0.3, 0.4) is 0 Å². The highest BCUT2D eigenvalue weighted by atomic mass is 16.4. The molecule has 3 aromatic rings. The molecule has 0 spiro atoms. The molecule has 1 aromatic heterocycles. The lowest BCUT2D eigenvalue weighted by molar-refractivity contribution is -0.119. The van der Waals surface area contributed by atoms with Crippen LogP contribution >= 0.6 is 0 Å². The molecule has 24 heavy (non-hydrogen) atoms. The van der Waals surface area contributed by atoms with Gasteiger partial charge in [-0.25, -0.2) is 9.69 Å². The Balaban J connectivity index is 1.95. The number of imide groups is 1. The van der Waals surface area contributed by atoms with Gasteiger partial charge in [0.25, 0.3) is 11.8 Å². The molecule has 2 amide bonds. The van der Waals surface area contributed by atoms with Crippen molar-refractivity contribution in [2.45, 2.75) is 0 Å². The third-order valence-corrected chi connectivity index (χ3v) is 3.89. The molecule has 0 N–H and O–H groups in total. The number of hydrogen-bond acceptors (Lipinski definition) is 4. The zero-order valence-electron chi connectivity index (χ0n) is 12.4. The Labute approximate surface area is 136 Å². The Morgan fingerprint density at radius 3 is 2.21 bits per heavy atom. The topological polar surface area (TPSA) is 67.6 Å². The molecule has 1 aliphatic rings. The monoisotopic (exact) mass is 317 g/mol. The van der Waals surface area contributed by atoms with Crippen LogP contribution in [0.5, 0.6) is 0 Å². The Hall–Kier alpha value is -3.47. The molecule has 0 saturated carbocycles. The molecule has 4 rings (SSSR count). The van der Waals surface area contributed by atoms with Gasteiger partial charge in [0, 0.05) is 23.1 Å². The molecule has 0 bridgehead atoms. The Morgan fingerprint density at radius 1 is 0.750 bits per heavy atom. The van der Waals surface area contributed by atoms with Crippen molar-refractivity contribution in [3.63, 3.8) is 0 Å². The molecule has 2 aromatic carbocycles. The van der Waals surface area contributed by atoms with Gasteiger partial charge in [-0.1, -0.05) is 36.4 Å². The summed E-state index contributed by atoms with van der Waals surface area (Å²) in [4.78, 5) is 37.4. The number of carbonyl (C=O) groups is 2. The van der Waals surface area contributed by atoms with Gasteiger partial charge in [-0.2, -0.15) is 0 Å². The Bertz CT molecular complexity index is 1060. The van der Waals surface area contributed by atoms with Crippen LogP contribution in [0.15, 0.2) is 76.0 Å². The first-order valence-corrected chi connectivity index (χ1v) is 7.33. The summed E-state index contributed by atoms with van der Waals surface area (Å²) in [5.41, 5.74) is 1.10. The number of benzene rings is 2. The standard InChI is InChI=1S/C19H11NO4/c21-17-9-10-18(22)20(17)15-7-3-2-6-13(15)14-11-12-5-1-4-8-16(12)24-19(14)23/h1-11H. The van der Waals surface area contributed by atoms with Crippen molar-refractivity contribution in [1.29, 1.82) is 0 Å². The molecule has 5 heteroatoms. The fourth-order valence-electron chi connectivity index (χ4n) is 2.78. The van der Waals surface area contributed by atoms with Crippen LogP contribution in [0.25, 0.3) is 22.1 Å². The summed E-state index contributed by atoms with van der Waals surface area (Å²) >= 11 is 0. The van der Waals surface area contributed by atoms with Gasteiger partial charge in [-0.3, -0.25) is 9.59 Å². The van der Waals surface area contributed by atoms with Gasteiger partial charge in [0.05, 0.1) is 11.3 Å². The third-order valence-electron chi connectivity index (χ3n) is 3.89. The second-order valence-corrected chi connectivity index (χ2v) is 5.35. The normalized spacial score (nSPS) is 13.9. The van der Waals surface area contributed by atoms with Gasteiger partial charge in [0.1, 0.15) is 5.58 Å². The van der Waals surface area contributed by atoms with Gasteiger partial charge in [0.2, 0.25) is 0 Å². The predicted octanol–water partition coefficient (Wildman–Crippen LogP) is 2.89. The van der Waals surface area contributed by atoms with Crippen molar-refractivity contribution in [1.82, 2.24) is 0 Å². The SMILES string of the molecule is O=C1C=CC(=O)N1c1ccccc1-c1cc2ccccc2oc1=O. The molecule has 0 radical (unpaired) electrons. The van der Waals surface area contributed by atoms with E-state index in [9.17, 15) is 14.4 Å². The highest BCUT2D eigenvalue weighted by Crippen LogP contribution is 2.32. The summed E-state index contributed by atoms with van der Waals surface area (Å²) in [6.45, 7) is 0. The van der Waals surface area contributed by atoms with Crippen LogP contribution in [0, 0.1) is 0 Å². The summed E-state index contributed by atoms with van der Waals surface area (Å²) < 4.78 is 5.36. The van der Waals surface area contributed by atoms with Crippen molar-refractivity contribution in [3.05, 3.63) is 77.2 Å². The molecule has 5 nitrogen and oxygen atoms in total. The zero-order chi connectivity index (χ0) is 16.7. The summed E-state index contributed by atoms with van der Waals surface area (Å²) in [5, 5.41) is 0.763. The highest BCUT2D eigenvalue weighted by molar-refractivity contribution is 6.29. The molecule has 0 fully saturated rings. The zero-order valence-corrected chi connectivity index (χ0v) is 12.4. The van der Waals surface area contributed by atoms with Crippen LogP contribution in [0.4, 0.5) is 5.69 Å². The minimum Gasteiger partial charge on any atom is -0.422 e. The van der Waals surface area contributed by atoms with E-state index in [1.54, 1.807) is 42.5 Å². The maximum Gasteiger partial charge on any atom is 0.344 e. The van der Waals surface area contributed by atoms with Crippen molar-refractivity contribution in [3.8, 4) is 11.1 Å². The number of fused-ring (bicyclic) bond motifs is 1. The summed E-state index contributed by atoms with van der Waals surface area (Å²) in [5.74, 6) is -0.866. The van der Waals surface area contributed by atoms with E-state index in [0.717, 1.165) is 10.3 Å². The number of rotatable bonds is 2. The summed E-state index contributed by atoms with van der Waals surface area (Å²) in [6.07, 6.45) is 2.42. The fourth-order valence-corrected chi connectivity index (χ4v) is 2.78. The smallest absolute Gasteiger partial charge is 0.344 e. The fraction of sp³-hybridized carbons (Fsp3) is 0. The van der Waals surface area contributed by atoms with E-state index in [-0.39, 0.29) is 0 Å². The van der Waals surface area contributed by atoms with Gasteiger partial charge >= 0.3 is 5.63 Å². The highest BCUT2D eigenvalue weighted by Gasteiger charge is 2.28. The first-order valence-electron chi connectivity index (χ1n) is 7.33. The van der Waals surface area contributed by atoms with Crippen LogP contribution in [-0.2, 0) is 9.59 Å². The van der Waals surface area contributed by atoms with Gasteiger partial charge in [-0.15, -0.1) is 0 Å². The molecule has 0 saturated heterocycles. The Kier molecular flexibility index (Phi) is 3.13. The van der Waals surface area contributed by atoms with E-state index in [1.807, 2.05) is 12.1 Å². The first kappa shape index (κ1) is 14.1. The molecule has 2 heterocycles. The van der Waals surface area contributed by atoms with E-state index >= 15 is 0 Å². The largest absolute Gasteiger partial charge is 0.422 e. The molecule has 0 atom stereocenters. The van der Waals surface area contributed by atoms with Crippen LogP contribution < -0.4 is 10.5 Å². The summed E-state index contributed by atoms with van der Waals surface area (Å²) in [6, 6.07) is 15.6. The van der Waals surface area contributed by atoms with Crippen molar-refractivity contribution >= 4 is 28.5 Å². The maximum atomic E-state index is 12.4.